The van der Waals surface area contributed by atoms with Crippen LogP contribution in [0.4, 0.5) is 11.4 Å². The minimum absolute atomic E-state index is 0.0915. The molecule has 2 rings (SSSR count). The number of thiophene rings is 1. The van der Waals surface area contributed by atoms with E-state index in [2.05, 4.69) is 0 Å². The van der Waals surface area contributed by atoms with Gasteiger partial charge in [0.1, 0.15) is 18.3 Å². The van der Waals surface area contributed by atoms with Gasteiger partial charge in [0.05, 0.1) is 24.0 Å². The largest absolute Gasteiger partial charge is 0.398 e. The molecule has 0 amide bonds. The third kappa shape index (κ3) is 4.39. The van der Waals surface area contributed by atoms with Crippen LogP contribution < -0.4 is 10.6 Å². The Kier molecular flexibility index (Phi) is 6.96. The maximum atomic E-state index is 10.2. The zero-order chi connectivity index (χ0) is 18.6. The van der Waals surface area contributed by atoms with Gasteiger partial charge in [0.2, 0.25) is 0 Å². The minimum Gasteiger partial charge on any atom is -0.398 e. The van der Waals surface area contributed by atoms with Gasteiger partial charge < -0.3 is 41.3 Å². The van der Waals surface area contributed by atoms with Crippen LogP contribution in [-0.4, -0.2) is 81.4 Å². The van der Waals surface area contributed by atoms with Crippen molar-refractivity contribution in [1.29, 1.82) is 0 Å². The minimum atomic E-state index is -1.69. The lowest BCUT2D eigenvalue weighted by Crippen LogP contribution is -2.50. The number of nitrogen functional groups attached to an aromatic ring is 1. The van der Waals surface area contributed by atoms with Crippen molar-refractivity contribution in [3.63, 3.8) is 0 Å². The standard InChI is InChI=1S/C16H24N2O6S/c17-10-1-2-11(9-3-6-25-16(9)10)18(4-5-19)7-12(21)14(23)15(24)13(22)8-20/h1-3,6,12-15,19-24H,4-5,7-8,17H2. The van der Waals surface area contributed by atoms with Gasteiger partial charge in [-0.25, -0.2) is 0 Å². The van der Waals surface area contributed by atoms with E-state index < -0.39 is 31.0 Å². The van der Waals surface area contributed by atoms with Crippen LogP contribution in [0.15, 0.2) is 23.6 Å². The molecule has 0 aliphatic rings. The van der Waals surface area contributed by atoms with Crippen LogP contribution in [0.3, 0.4) is 0 Å². The van der Waals surface area contributed by atoms with Gasteiger partial charge in [0.15, 0.2) is 0 Å². The molecule has 1 aromatic heterocycles. The maximum Gasteiger partial charge on any atom is 0.111 e. The molecule has 1 aromatic carbocycles. The fourth-order valence-electron chi connectivity index (χ4n) is 2.67. The number of hydrogen-bond acceptors (Lipinski definition) is 9. The molecule has 4 unspecified atom stereocenters. The highest BCUT2D eigenvalue weighted by Crippen LogP contribution is 2.35. The molecule has 0 saturated carbocycles. The Morgan fingerprint density at radius 2 is 1.68 bits per heavy atom. The Bertz CT molecular complexity index is 682. The molecule has 8 N–H and O–H groups in total. The summed E-state index contributed by atoms with van der Waals surface area (Å²) in [4.78, 5) is 1.67. The lowest BCUT2D eigenvalue weighted by Gasteiger charge is -2.31. The number of benzene rings is 1. The average molecular weight is 372 g/mol. The summed E-state index contributed by atoms with van der Waals surface area (Å²) in [6.07, 6.45) is -6.32. The van der Waals surface area contributed by atoms with Crippen molar-refractivity contribution in [2.24, 2.45) is 0 Å². The van der Waals surface area contributed by atoms with E-state index in [0.29, 0.717) is 5.69 Å². The van der Waals surface area contributed by atoms with Crippen molar-refractivity contribution in [2.75, 3.05) is 36.9 Å². The Hall–Kier alpha value is -1.46. The molecule has 0 aliphatic carbocycles. The van der Waals surface area contributed by atoms with Gasteiger partial charge in [-0.05, 0) is 23.6 Å². The first-order chi connectivity index (χ1) is 11.9. The molecular formula is C16H24N2O6S. The predicted molar refractivity (Wildman–Crippen MR) is 96.6 cm³/mol. The van der Waals surface area contributed by atoms with Gasteiger partial charge in [-0.15, -0.1) is 11.3 Å². The number of rotatable bonds is 9. The van der Waals surface area contributed by atoms with Crippen LogP contribution >= 0.6 is 11.3 Å². The summed E-state index contributed by atoms with van der Waals surface area (Å²) in [5.74, 6) is 0. The highest BCUT2D eigenvalue weighted by atomic mass is 32.1. The quantitative estimate of drug-likeness (QED) is 0.269. The number of aliphatic hydroxyl groups is 6. The van der Waals surface area contributed by atoms with Crippen LogP contribution in [0, 0.1) is 0 Å². The highest BCUT2D eigenvalue weighted by Gasteiger charge is 2.31. The van der Waals surface area contributed by atoms with Gasteiger partial charge in [0, 0.05) is 29.9 Å². The van der Waals surface area contributed by atoms with Gasteiger partial charge >= 0.3 is 0 Å². The maximum absolute atomic E-state index is 10.2. The van der Waals surface area contributed by atoms with E-state index in [1.165, 1.54) is 11.3 Å². The topological polar surface area (TPSA) is 151 Å². The number of hydrogen-bond donors (Lipinski definition) is 7. The summed E-state index contributed by atoms with van der Waals surface area (Å²) < 4.78 is 0.881. The average Bonchev–Trinajstić information content (AvgIpc) is 3.10. The number of nitrogens with zero attached hydrogens (tertiary/aromatic N) is 1. The molecule has 2 aromatic rings. The normalized spacial score (nSPS) is 16.6. The first kappa shape index (κ1) is 19.9. The molecule has 8 nitrogen and oxygen atoms in total. The van der Waals surface area contributed by atoms with Gasteiger partial charge in [-0.2, -0.15) is 0 Å². The Morgan fingerprint density at radius 1 is 1.00 bits per heavy atom. The third-order valence-corrected chi connectivity index (χ3v) is 5.03. The molecule has 0 spiro atoms. The molecule has 9 heteroatoms. The van der Waals surface area contributed by atoms with Gasteiger partial charge in [-0.3, -0.25) is 0 Å². The van der Waals surface area contributed by atoms with Crippen LogP contribution in [0.2, 0.25) is 0 Å². The second kappa shape index (κ2) is 8.77. The molecule has 0 saturated heterocycles. The van der Waals surface area contributed by atoms with Crippen molar-refractivity contribution in [3.05, 3.63) is 23.6 Å². The highest BCUT2D eigenvalue weighted by molar-refractivity contribution is 7.18. The lowest BCUT2D eigenvalue weighted by atomic mass is 10.0. The summed E-state index contributed by atoms with van der Waals surface area (Å²) in [5, 5.41) is 60.3. The van der Waals surface area contributed by atoms with Gasteiger partial charge in [-0.1, -0.05) is 0 Å². The zero-order valence-corrected chi connectivity index (χ0v) is 14.4. The molecule has 0 fully saturated rings. The number of fused-ring (bicyclic) bond motifs is 1. The van der Waals surface area contributed by atoms with E-state index in [1.807, 2.05) is 11.4 Å². The zero-order valence-electron chi connectivity index (χ0n) is 13.6. The lowest BCUT2D eigenvalue weighted by molar-refractivity contribution is -0.112. The SMILES string of the molecule is Nc1ccc(N(CCO)CC(O)C(O)C(O)C(O)CO)c2ccsc12. The molecule has 1 heterocycles. The Labute approximate surface area is 149 Å². The van der Waals surface area contributed by atoms with Crippen LogP contribution in [0.25, 0.3) is 10.1 Å². The molecule has 140 valence electrons. The fraction of sp³-hybridized carbons (Fsp3) is 0.500. The van der Waals surface area contributed by atoms with E-state index in [0.717, 1.165) is 15.8 Å². The first-order valence-electron chi connectivity index (χ1n) is 7.85. The van der Waals surface area contributed by atoms with Gasteiger partial charge in [0.25, 0.3) is 0 Å². The van der Waals surface area contributed by atoms with Crippen molar-refractivity contribution in [1.82, 2.24) is 0 Å². The number of anilines is 2. The number of aliphatic hydroxyl groups excluding tert-OH is 6. The summed E-state index contributed by atoms with van der Waals surface area (Å²) in [6.45, 7) is -0.817. The molecular weight excluding hydrogens is 348 g/mol. The molecule has 4 atom stereocenters. The Balaban J connectivity index is 2.23. The predicted octanol–water partition coefficient (Wildman–Crippen LogP) is -1.28. The number of nitrogens with two attached hydrogens (primary N) is 1. The van der Waals surface area contributed by atoms with Crippen molar-refractivity contribution < 1.29 is 30.6 Å². The molecule has 25 heavy (non-hydrogen) atoms. The van der Waals surface area contributed by atoms with E-state index >= 15 is 0 Å². The summed E-state index contributed by atoms with van der Waals surface area (Å²) in [6, 6.07) is 5.37. The summed E-state index contributed by atoms with van der Waals surface area (Å²) in [5.41, 5.74) is 7.30. The van der Waals surface area contributed by atoms with Crippen LogP contribution in [0.5, 0.6) is 0 Å². The van der Waals surface area contributed by atoms with Crippen LogP contribution in [0.1, 0.15) is 0 Å². The second-order valence-corrected chi connectivity index (χ2v) is 6.72. The summed E-state index contributed by atoms with van der Waals surface area (Å²) in [7, 11) is 0. The first-order valence-corrected chi connectivity index (χ1v) is 8.73. The second-order valence-electron chi connectivity index (χ2n) is 5.81. The van der Waals surface area contributed by atoms with Crippen LogP contribution in [-0.2, 0) is 0 Å². The molecule has 0 aliphatic heterocycles. The van der Waals surface area contributed by atoms with E-state index in [4.69, 9.17) is 10.8 Å². The van der Waals surface area contributed by atoms with E-state index in [9.17, 15) is 25.5 Å². The van der Waals surface area contributed by atoms with E-state index in [1.54, 1.807) is 17.0 Å². The smallest absolute Gasteiger partial charge is 0.111 e. The van der Waals surface area contributed by atoms with Crippen molar-refractivity contribution >= 4 is 32.8 Å². The van der Waals surface area contributed by atoms with E-state index in [-0.39, 0.29) is 19.7 Å². The Morgan fingerprint density at radius 3 is 2.32 bits per heavy atom. The molecule has 0 bridgehead atoms. The molecule has 0 radical (unpaired) electrons. The van der Waals surface area contributed by atoms with Crippen molar-refractivity contribution in [3.8, 4) is 0 Å². The summed E-state index contributed by atoms with van der Waals surface area (Å²) >= 11 is 1.47. The van der Waals surface area contributed by atoms with Crippen molar-refractivity contribution in [2.45, 2.75) is 24.4 Å². The third-order valence-electron chi connectivity index (χ3n) is 4.07. The monoisotopic (exact) mass is 372 g/mol. The fourth-order valence-corrected chi connectivity index (χ4v) is 3.52.